The molecule has 0 aliphatic rings. The zero-order valence-electron chi connectivity index (χ0n) is 11.6. The molecular formula is C13H15Cl3O5. The van der Waals surface area contributed by atoms with Crippen LogP contribution in [-0.4, -0.2) is 32.6 Å². The van der Waals surface area contributed by atoms with Gasteiger partial charge in [-0.25, -0.2) is 9.59 Å². The summed E-state index contributed by atoms with van der Waals surface area (Å²) in [6, 6.07) is 5.06. The molecule has 1 unspecified atom stereocenters. The molecule has 1 aromatic rings. The van der Waals surface area contributed by atoms with E-state index in [4.69, 9.17) is 49.8 Å². The van der Waals surface area contributed by atoms with Crippen LogP contribution in [0.15, 0.2) is 18.2 Å². The third-order valence-electron chi connectivity index (χ3n) is 2.16. The van der Waals surface area contributed by atoms with E-state index in [1.54, 1.807) is 18.2 Å². The van der Waals surface area contributed by atoms with Crippen molar-refractivity contribution in [3.05, 3.63) is 28.8 Å². The van der Waals surface area contributed by atoms with Gasteiger partial charge >= 0.3 is 11.9 Å². The molecule has 5 nitrogen and oxygen atoms in total. The molecule has 118 valence electrons. The maximum absolute atomic E-state index is 10.5. The molecule has 1 aromatic carbocycles. The molecule has 0 saturated heterocycles. The van der Waals surface area contributed by atoms with Crippen LogP contribution in [0.3, 0.4) is 0 Å². The topological polar surface area (TPSA) is 83.8 Å². The van der Waals surface area contributed by atoms with Gasteiger partial charge in [-0.1, -0.05) is 34.8 Å². The molecule has 1 atom stereocenters. The van der Waals surface area contributed by atoms with Crippen LogP contribution < -0.4 is 4.74 Å². The van der Waals surface area contributed by atoms with Crippen molar-refractivity contribution in [2.45, 2.75) is 31.2 Å². The first-order valence-corrected chi connectivity index (χ1v) is 6.85. The summed E-state index contributed by atoms with van der Waals surface area (Å²) in [7, 11) is 0. The molecule has 0 aliphatic heterocycles. The first kappa shape index (κ1) is 19.8. The molecule has 0 saturated carbocycles. The standard InChI is InChI=1S/C10H11ClO3.C3H4Cl2O2/c1-6-5-8(11)3-4-9(6)14-7(2)10(12)13;1-3(4,5)2(6)7/h3-5,7H,1-2H3,(H,12,13);1H3,(H,6,7). The molecule has 1 rings (SSSR count). The van der Waals surface area contributed by atoms with Gasteiger partial charge in [0.1, 0.15) is 5.75 Å². The average Bonchev–Trinajstić information content (AvgIpc) is 2.32. The zero-order valence-corrected chi connectivity index (χ0v) is 13.8. The summed E-state index contributed by atoms with van der Waals surface area (Å²) in [4.78, 5) is 20.3. The predicted octanol–water partition coefficient (Wildman–Crippen LogP) is 3.77. The third-order valence-corrected chi connectivity index (χ3v) is 2.72. The predicted molar refractivity (Wildman–Crippen MR) is 81.7 cm³/mol. The molecule has 0 aromatic heterocycles. The van der Waals surface area contributed by atoms with Gasteiger partial charge in [0, 0.05) is 5.02 Å². The molecule has 21 heavy (non-hydrogen) atoms. The van der Waals surface area contributed by atoms with Crippen molar-refractivity contribution >= 4 is 46.7 Å². The number of halogens is 3. The van der Waals surface area contributed by atoms with Gasteiger partial charge in [-0.05, 0) is 44.5 Å². The minimum atomic E-state index is -1.64. The first-order chi connectivity index (χ1) is 9.45. The van der Waals surface area contributed by atoms with E-state index < -0.39 is 22.4 Å². The molecule has 2 N–H and O–H groups in total. The van der Waals surface area contributed by atoms with Gasteiger partial charge in [0.15, 0.2) is 6.10 Å². The summed E-state index contributed by atoms with van der Waals surface area (Å²) >= 11 is 15.8. The summed E-state index contributed by atoms with van der Waals surface area (Å²) in [5, 5.41) is 17.2. The van der Waals surface area contributed by atoms with Crippen LogP contribution >= 0.6 is 34.8 Å². The highest BCUT2D eigenvalue weighted by atomic mass is 35.5. The Labute approximate surface area is 137 Å². The van der Waals surface area contributed by atoms with E-state index in [-0.39, 0.29) is 0 Å². The highest BCUT2D eigenvalue weighted by Gasteiger charge is 2.25. The van der Waals surface area contributed by atoms with Gasteiger partial charge < -0.3 is 14.9 Å². The SMILES string of the molecule is CC(Cl)(Cl)C(=O)O.Cc1cc(Cl)ccc1OC(C)C(=O)O. The molecule has 0 heterocycles. The lowest BCUT2D eigenvalue weighted by Crippen LogP contribution is -2.23. The summed E-state index contributed by atoms with van der Waals surface area (Å²) < 4.78 is 3.56. The molecule has 0 fully saturated rings. The van der Waals surface area contributed by atoms with Crippen LogP contribution in [-0.2, 0) is 9.59 Å². The maximum Gasteiger partial charge on any atom is 0.344 e. The Balaban J connectivity index is 0.000000486. The smallest absolute Gasteiger partial charge is 0.344 e. The van der Waals surface area contributed by atoms with Gasteiger partial charge in [-0.2, -0.15) is 0 Å². The van der Waals surface area contributed by atoms with Crippen molar-refractivity contribution in [2.24, 2.45) is 0 Å². The lowest BCUT2D eigenvalue weighted by molar-refractivity contribution is -0.144. The van der Waals surface area contributed by atoms with Crippen molar-refractivity contribution in [3.8, 4) is 5.75 Å². The maximum atomic E-state index is 10.5. The summed E-state index contributed by atoms with van der Waals surface area (Å²) in [6.45, 7) is 4.49. The van der Waals surface area contributed by atoms with Gasteiger partial charge in [-0.3, -0.25) is 0 Å². The van der Waals surface area contributed by atoms with Crippen LogP contribution in [0.4, 0.5) is 0 Å². The van der Waals surface area contributed by atoms with Crippen LogP contribution in [0.25, 0.3) is 0 Å². The molecule has 0 aliphatic carbocycles. The number of benzene rings is 1. The third kappa shape index (κ3) is 7.99. The Bertz CT molecular complexity index is 511. The lowest BCUT2D eigenvalue weighted by Gasteiger charge is -2.12. The van der Waals surface area contributed by atoms with Gasteiger partial charge in [0.05, 0.1) is 0 Å². The van der Waals surface area contributed by atoms with Crippen LogP contribution in [0.1, 0.15) is 19.4 Å². The van der Waals surface area contributed by atoms with E-state index in [1.165, 1.54) is 13.8 Å². The quantitative estimate of drug-likeness (QED) is 0.801. The molecular weight excluding hydrogens is 342 g/mol. The summed E-state index contributed by atoms with van der Waals surface area (Å²) in [5.74, 6) is -1.67. The Kier molecular flexibility index (Phi) is 7.85. The number of hydrogen-bond acceptors (Lipinski definition) is 3. The fourth-order valence-corrected chi connectivity index (χ4v) is 1.21. The van der Waals surface area contributed by atoms with E-state index in [0.717, 1.165) is 5.56 Å². The van der Waals surface area contributed by atoms with Gasteiger partial charge in [-0.15, -0.1) is 0 Å². The Morgan fingerprint density at radius 2 is 1.76 bits per heavy atom. The highest BCUT2D eigenvalue weighted by Crippen LogP contribution is 2.22. The molecule has 0 bridgehead atoms. The zero-order chi connectivity index (χ0) is 16.8. The monoisotopic (exact) mass is 356 g/mol. The fourth-order valence-electron chi connectivity index (χ4n) is 0.986. The second-order valence-corrected chi connectivity index (χ2v) is 6.34. The Hall–Kier alpha value is -1.17. The summed E-state index contributed by atoms with van der Waals surface area (Å²) in [5.41, 5.74) is 0.825. The minimum absolute atomic E-state index is 0.546. The molecule has 8 heteroatoms. The molecule has 0 amide bonds. The normalized spacial score (nSPS) is 11.9. The van der Waals surface area contributed by atoms with Crippen molar-refractivity contribution < 1.29 is 24.5 Å². The van der Waals surface area contributed by atoms with Crippen LogP contribution in [0, 0.1) is 6.92 Å². The number of alkyl halides is 2. The second kappa shape index (κ2) is 8.32. The number of carboxylic acids is 2. The van der Waals surface area contributed by atoms with Crippen molar-refractivity contribution in [3.63, 3.8) is 0 Å². The van der Waals surface area contributed by atoms with E-state index >= 15 is 0 Å². The largest absolute Gasteiger partial charge is 0.479 e. The van der Waals surface area contributed by atoms with E-state index in [2.05, 4.69) is 0 Å². The van der Waals surface area contributed by atoms with Crippen LogP contribution in [0.5, 0.6) is 5.75 Å². The van der Waals surface area contributed by atoms with Gasteiger partial charge in [0.2, 0.25) is 4.33 Å². The highest BCUT2D eigenvalue weighted by molar-refractivity contribution is 6.56. The van der Waals surface area contributed by atoms with E-state index in [9.17, 15) is 9.59 Å². The molecule has 0 spiro atoms. The fraction of sp³-hybridized carbons (Fsp3) is 0.385. The Morgan fingerprint density at radius 1 is 1.29 bits per heavy atom. The first-order valence-electron chi connectivity index (χ1n) is 5.72. The van der Waals surface area contributed by atoms with Crippen molar-refractivity contribution in [2.75, 3.05) is 0 Å². The number of carbonyl (C=O) groups is 2. The minimum Gasteiger partial charge on any atom is -0.479 e. The van der Waals surface area contributed by atoms with Crippen molar-refractivity contribution in [1.29, 1.82) is 0 Å². The second-order valence-electron chi connectivity index (χ2n) is 4.20. The average molecular weight is 358 g/mol. The number of ether oxygens (including phenoxy) is 1. The van der Waals surface area contributed by atoms with E-state index in [1.807, 2.05) is 6.92 Å². The Morgan fingerprint density at radius 3 is 2.10 bits per heavy atom. The number of carboxylic acid groups (broad SMARTS) is 2. The molecule has 0 radical (unpaired) electrons. The number of rotatable bonds is 4. The summed E-state index contributed by atoms with van der Waals surface area (Å²) in [6.07, 6.45) is -0.852. The van der Waals surface area contributed by atoms with Crippen LogP contribution in [0.2, 0.25) is 5.02 Å². The number of aliphatic carboxylic acids is 2. The van der Waals surface area contributed by atoms with Gasteiger partial charge in [0.25, 0.3) is 0 Å². The number of hydrogen-bond donors (Lipinski definition) is 2. The van der Waals surface area contributed by atoms with Crippen molar-refractivity contribution in [1.82, 2.24) is 0 Å². The number of aryl methyl sites for hydroxylation is 1. The van der Waals surface area contributed by atoms with E-state index in [0.29, 0.717) is 10.8 Å². The lowest BCUT2D eigenvalue weighted by atomic mass is 10.2.